The van der Waals surface area contributed by atoms with Crippen LogP contribution in [0.3, 0.4) is 0 Å². The largest absolute Gasteiger partial charge is 0.476 e. The SMILES string of the molecule is O=C(CCc1cccnc1)NCCc1nc(C(=O)O)cs1. The summed E-state index contributed by atoms with van der Waals surface area (Å²) in [5.74, 6) is -1.06. The zero-order valence-corrected chi connectivity index (χ0v) is 12.1. The van der Waals surface area contributed by atoms with Crippen LogP contribution >= 0.6 is 11.3 Å². The Kier molecular flexibility index (Phi) is 5.39. The summed E-state index contributed by atoms with van der Waals surface area (Å²) in [6, 6.07) is 3.78. The molecule has 2 N–H and O–H groups in total. The molecule has 2 rings (SSSR count). The van der Waals surface area contributed by atoms with Crippen molar-refractivity contribution in [1.82, 2.24) is 15.3 Å². The van der Waals surface area contributed by atoms with Gasteiger partial charge < -0.3 is 10.4 Å². The second kappa shape index (κ2) is 7.49. The highest BCUT2D eigenvalue weighted by molar-refractivity contribution is 7.09. The van der Waals surface area contributed by atoms with E-state index < -0.39 is 5.97 Å². The number of hydrogen-bond donors (Lipinski definition) is 2. The first-order chi connectivity index (χ1) is 10.1. The summed E-state index contributed by atoms with van der Waals surface area (Å²) < 4.78 is 0. The van der Waals surface area contributed by atoms with Gasteiger partial charge in [0.05, 0.1) is 5.01 Å². The van der Waals surface area contributed by atoms with Crippen molar-refractivity contribution in [3.05, 3.63) is 46.2 Å². The molecule has 0 spiro atoms. The fourth-order valence-electron chi connectivity index (χ4n) is 1.73. The summed E-state index contributed by atoms with van der Waals surface area (Å²) >= 11 is 1.29. The molecule has 0 saturated heterocycles. The molecule has 21 heavy (non-hydrogen) atoms. The summed E-state index contributed by atoms with van der Waals surface area (Å²) in [6.07, 6.45) is 5.04. The van der Waals surface area contributed by atoms with Crippen LogP contribution in [-0.4, -0.2) is 33.5 Å². The minimum atomic E-state index is -1.03. The van der Waals surface area contributed by atoms with E-state index in [1.54, 1.807) is 12.4 Å². The van der Waals surface area contributed by atoms with Gasteiger partial charge in [-0.1, -0.05) is 6.07 Å². The van der Waals surface area contributed by atoms with E-state index >= 15 is 0 Å². The minimum Gasteiger partial charge on any atom is -0.476 e. The van der Waals surface area contributed by atoms with E-state index in [0.717, 1.165) is 5.56 Å². The average Bonchev–Trinajstić information content (AvgIpc) is 2.95. The van der Waals surface area contributed by atoms with Crippen LogP contribution in [0.5, 0.6) is 0 Å². The van der Waals surface area contributed by atoms with E-state index in [4.69, 9.17) is 5.11 Å². The minimum absolute atomic E-state index is 0.0335. The number of pyridine rings is 1. The molecule has 0 radical (unpaired) electrons. The van der Waals surface area contributed by atoms with Crippen molar-refractivity contribution in [2.45, 2.75) is 19.3 Å². The van der Waals surface area contributed by atoms with Gasteiger partial charge in [0.1, 0.15) is 0 Å². The summed E-state index contributed by atoms with van der Waals surface area (Å²) in [6.45, 7) is 0.457. The predicted octanol–water partition coefficient (Wildman–Crippen LogP) is 1.53. The van der Waals surface area contributed by atoms with Gasteiger partial charge >= 0.3 is 5.97 Å². The van der Waals surface area contributed by atoms with Crippen molar-refractivity contribution in [2.75, 3.05) is 6.54 Å². The van der Waals surface area contributed by atoms with Crippen molar-refractivity contribution in [3.63, 3.8) is 0 Å². The number of aromatic carboxylic acids is 1. The lowest BCUT2D eigenvalue weighted by Gasteiger charge is -2.03. The van der Waals surface area contributed by atoms with Crippen molar-refractivity contribution in [3.8, 4) is 0 Å². The average molecular weight is 305 g/mol. The molecule has 7 heteroatoms. The molecule has 2 heterocycles. The molecule has 110 valence electrons. The van der Waals surface area contributed by atoms with Gasteiger partial charge in [0.25, 0.3) is 0 Å². The third kappa shape index (κ3) is 4.96. The Labute approximate surface area is 125 Å². The van der Waals surface area contributed by atoms with Crippen LogP contribution in [0.4, 0.5) is 0 Å². The second-order valence-electron chi connectivity index (χ2n) is 4.39. The lowest BCUT2D eigenvalue weighted by atomic mass is 10.1. The van der Waals surface area contributed by atoms with Gasteiger partial charge in [0.2, 0.25) is 5.91 Å². The molecule has 2 aromatic rings. The quantitative estimate of drug-likeness (QED) is 0.809. The zero-order valence-electron chi connectivity index (χ0n) is 11.3. The van der Waals surface area contributed by atoms with Gasteiger partial charge in [0, 0.05) is 37.2 Å². The highest BCUT2D eigenvalue weighted by atomic mass is 32.1. The number of carboxylic acids is 1. The lowest BCUT2D eigenvalue weighted by Crippen LogP contribution is -2.25. The molecular formula is C14H15N3O3S. The maximum Gasteiger partial charge on any atom is 0.355 e. The zero-order chi connectivity index (χ0) is 15.1. The molecule has 0 aliphatic carbocycles. The molecule has 1 amide bonds. The first kappa shape index (κ1) is 15.1. The fourth-order valence-corrected chi connectivity index (χ4v) is 2.50. The van der Waals surface area contributed by atoms with E-state index in [-0.39, 0.29) is 11.6 Å². The molecule has 0 fully saturated rings. The predicted molar refractivity (Wildman–Crippen MR) is 78.3 cm³/mol. The Hall–Kier alpha value is -2.28. The summed E-state index contributed by atoms with van der Waals surface area (Å²) in [5, 5.41) is 13.8. The van der Waals surface area contributed by atoms with Gasteiger partial charge in [-0.15, -0.1) is 11.3 Å². The lowest BCUT2D eigenvalue weighted by molar-refractivity contribution is -0.121. The molecule has 0 bridgehead atoms. The molecule has 0 aliphatic rings. The van der Waals surface area contributed by atoms with Gasteiger partial charge in [-0.25, -0.2) is 9.78 Å². The van der Waals surface area contributed by atoms with E-state index in [0.29, 0.717) is 30.8 Å². The van der Waals surface area contributed by atoms with Crippen LogP contribution in [0.25, 0.3) is 0 Å². The smallest absolute Gasteiger partial charge is 0.355 e. The molecule has 0 aliphatic heterocycles. The van der Waals surface area contributed by atoms with Crippen LogP contribution in [0.15, 0.2) is 29.9 Å². The Morgan fingerprint density at radius 2 is 2.19 bits per heavy atom. The summed E-state index contributed by atoms with van der Waals surface area (Å²) in [4.78, 5) is 30.3. The first-order valence-corrected chi connectivity index (χ1v) is 7.36. The number of hydrogen-bond acceptors (Lipinski definition) is 5. The van der Waals surface area contributed by atoms with Gasteiger partial charge in [0.15, 0.2) is 5.69 Å². The number of nitrogens with one attached hydrogen (secondary N) is 1. The van der Waals surface area contributed by atoms with Crippen LogP contribution < -0.4 is 5.32 Å². The third-order valence-electron chi connectivity index (χ3n) is 2.80. The van der Waals surface area contributed by atoms with E-state index in [9.17, 15) is 9.59 Å². The second-order valence-corrected chi connectivity index (χ2v) is 5.34. The van der Waals surface area contributed by atoms with Crippen LogP contribution in [0.1, 0.15) is 27.5 Å². The number of aryl methyl sites for hydroxylation is 1. The normalized spacial score (nSPS) is 10.3. The molecular weight excluding hydrogens is 290 g/mol. The topological polar surface area (TPSA) is 92.2 Å². The first-order valence-electron chi connectivity index (χ1n) is 6.48. The number of thiazole rings is 1. The molecule has 6 nitrogen and oxygen atoms in total. The van der Waals surface area contributed by atoms with E-state index in [1.165, 1.54) is 16.7 Å². The number of rotatable bonds is 7. The highest BCUT2D eigenvalue weighted by Gasteiger charge is 2.08. The molecule has 0 aromatic carbocycles. The highest BCUT2D eigenvalue weighted by Crippen LogP contribution is 2.09. The molecule has 0 atom stereocenters. The fraction of sp³-hybridized carbons (Fsp3) is 0.286. The maximum atomic E-state index is 11.7. The van der Waals surface area contributed by atoms with Crippen molar-refractivity contribution < 1.29 is 14.7 Å². The maximum absolute atomic E-state index is 11.7. The number of nitrogens with zero attached hydrogens (tertiary/aromatic N) is 2. The van der Waals surface area contributed by atoms with E-state index in [1.807, 2.05) is 12.1 Å². The van der Waals surface area contributed by atoms with Crippen molar-refractivity contribution in [1.29, 1.82) is 0 Å². The number of carbonyl (C=O) groups is 2. The summed E-state index contributed by atoms with van der Waals surface area (Å²) in [7, 11) is 0. The Morgan fingerprint density at radius 1 is 1.33 bits per heavy atom. The van der Waals surface area contributed by atoms with Crippen LogP contribution in [0.2, 0.25) is 0 Å². The van der Waals surface area contributed by atoms with Crippen molar-refractivity contribution in [2.24, 2.45) is 0 Å². The number of aromatic nitrogens is 2. The Bertz CT molecular complexity index is 613. The van der Waals surface area contributed by atoms with Crippen molar-refractivity contribution >= 4 is 23.2 Å². The van der Waals surface area contributed by atoms with Crippen LogP contribution in [0, 0.1) is 0 Å². The Morgan fingerprint density at radius 3 is 2.86 bits per heavy atom. The number of carboxylic acid groups (broad SMARTS) is 1. The monoisotopic (exact) mass is 305 g/mol. The number of carbonyl (C=O) groups excluding carboxylic acids is 1. The van der Waals surface area contributed by atoms with Crippen LogP contribution in [-0.2, 0) is 17.6 Å². The number of amides is 1. The van der Waals surface area contributed by atoms with E-state index in [2.05, 4.69) is 15.3 Å². The molecule has 0 saturated carbocycles. The van der Waals surface area contributed by atoms with Gasteiger partial charge in [-0.05, 0) is 18.1 Å². The molecule has 0 unspecified atom stereocenters. The Balaban J connectivity index is 1.68. The third-order valence-corrected chi connectivity index (χ3v) is 3.70. The standard InChI is InChI=1S/C14H15N3O3S/c18-12(4-3-10-2-1-6-15-8-10)16-7-5-13-17-11(9-21-13)14(19)20/h1-2,6,8-9H,3-5,7H2,(H,16,18)(H,19,20). The van der Waals surface area contributed by atoms with Gasteiger partial charge in [-0.2, -0.15) is 0 Å². The molecule has 2 aromatic heterocycles. The van der Waals surface area contributed by atoms with Gasteiger partial charge in [-0.3, -0.25) is 9.78 Å². The summed E-state index contributed by atoms with van der Waals surface area (Å²) in [5.41, 5.74) is 1.08.